The molecule has 0 spiro atoms. The molecule has 0 atom stereocenters. The third-order valence-corrected chi connectivity index (χ3v) is 4.81. The van der Waals surface area contributed by atoms with E-state index in [9.17, 15) is 0 Å². The lowest BCUT2D eigenvalue weighted by Crippen LogP contribution is -1.96. The van der Waals surface area contributed by atoms with Crippen LogP contribution in [0.25, 0.3) is 26.8 Å². The van der Waals surface area contributed by atoms with Crippen molar-refractivity contribution in [2.75, 3.05) is 14.2 Å². The number of thiophene rings is 1. The zero-order chi connectivity index (χ0) is 15.1. The molecule has 0 radical (unpaired) electrons. The van der Waals surface area contributed by atoms with Crippen molar-refractivity contribution in [3.63, 3.8) is 0 Å². The van der Waals surface area contributed by atoms with Crippen LogP contribution in [0.4, 0.5) is 0 Å². The van der Waals surface area contributed by atoms with Gasteiger partial charge in [0.25, 0.3) is 0 Å². The van der Waals surface area contributed by atoms with Gasteiger partial charge in [0.05, 0.1) is 35.6 Å². The number of nitrogens with zero attached hydrogens (tertiary/aromatic N) is 1. The predicted octanol–water partition coefficient (Wildman–Crippen LogP) is 4.86. The number of hydrogen-bond acceptors (Lipinski definition) is 3. The molecule has 0 aliphatic heterocycles. The van der Waals surface area contributed by atoms with E-state index in [0.29, 0.717) is 0 Å². The van der Waals surface area contributed by atoms with Crippen LogP contribution in [0.5, 0.6) is 11.5 Å². The highest BCUT2D eigenvalue weighted by atomic mass is 32.1. The van der Waals surface area contributed by atoms with Crippen LogP contribution in [0.1, 0.15) is 0 Å². The molecule has 0 aliphatic rings. The van der Waals surface area contributed by atoms with Crippen molar-refractivity contribution >= 4 is 32.5 Å². The van der Waals surface area contributed by atoms with Gasteiger partial charge in [-0.05, 0) is 17.5 Å². The number of aromatic nitrogens is 1. The maximum atomic E-state index is 5.41. The summed E-state index contributed by atoms with van der Waals surface area (Å²) in [6, 6.07) is 16.6. The summed E-state index contributed by atoms with van der Waals surface area (Å²) in [6.45, 7) is 0. The Morgan fingerprint density at radius 3 is 2.32 bits per heavy atom. The van der Waals surface area contributed by atoms with Gasteiger partial charge in [-0.3, -0.25) is 0 Å². The summed E-state index contributed by atoms with van der Waals surface area (Å²) in [4.78, 5) is 0. The fourth-order valence-electron chi connectivity index (χ4n) is 2.87. The molecule has 4 rings (SSSR count). The number of fused-ring (bicyclic) bond motifs is 3. The van der Waals surface area contributed by atoms with Crippen molar-refractivity contribution in [3.8, 4) is 17.2 Å². The summed E-state index contributed by atoms with van der Waals surface area (Å²) < 4.78 is 14.4. The normalized spacial score (nSPS) is 11.2. The Kier molecular flexibility index (Phi) is 3.05. The minimum absolute atomic E-state index is 0.788. The summed E-state index contributed by atoms with van der Waals surface area (Å²) >= 11 is 1.77. The zero-order valence-corrected chi connectivity index (χ0v) is 13.2. The Labute approximate surface area is 132 Å². The fraction of sp³-hybridized carbons (Fsp3) is 0.111. The van der Waals surface area contributed by atoms with Crippen molar-refractivity contribution in [3.05, 3.63) is 53.9 Å². The van der Waals surface area contributed by atoms with Gasteiger partial charge < -0.3 is 14.0 Å². The Morgan fingerprint density at radius 1 is 0.864 bits per heavy atom. The van der Waals surface area contributed by atoms with Crippen molar-refractivity contribution in [2.45, 2.75) is 0 Å². The molecule has 2 aromatic heterocycles. The van der Waals surface area contributed by atoms with Crippen molar-refractivity contribution < 1.29 is 9.47 Å². The molecule has 22 heavy (non-hydrogen) atoms. The molecule has 0 aliphatic carbocycles. The Balaban J connectivity index is 2.09. The van der Waals surface area contributed by atoms with Crippen LogP contribution in [0.15, 0.2) is 53.9 Å². The second-order valence-electron chi connectivity index (χ2n) is 5.06. The molecular weight excluding hydrogens is 294 g/mol. The number of methoxy groups -OCH3 is 2. The molecule has 0 fully saturated rings. The highest BCUT2D eigenvalue weighted by molar-refractivity contribution is 7.18. The maximum Gasteiger partial charge on any atom is 0.124 e. The van der Waals surface area contributed by atoms with Crippen LogP contribution in [0.2, 0.25) is 0 Å². The lowest BCUT2D eigenvalue weighted by atomic mass is 10.2. The average Bonchev–Trinajstić information content (AvgIpc) is 3.14. The summed E-state index contributed by atoms with van der Waals surface area (Å²) in [7, 11) is 3.35. The Hall–Kier alpha value is -2.46. The molecule has 110 valence electrons. The second kappa shape index (κ2) is 5.07. The molecule has 0 amide bonds. The molecule has 0 unspecified atom stereocenters. The highest BCUT2D eigenvalue weighted by Crippen LogP contribution is 2.37. The predicted molar refractivity (Wildman–Crippen MR) is 91.8 cm³/mol. The third kappa shape index (κ3) is 1.88. The Morgan fingerprint density at radius 2 is 1.59 bits per heavy atom. The van der Waals surface area contributed by atoms with E-state index in [-0.39, 0.29) is 0 Å². The fourth-order valence-corrected chi connectivity index (χ4v) is 3.78. The highest BCUT2D eigenvalue weighted by Gasteiger charge is 2.14. The molecule has 4 aromatic rings. The molecule has 3 nitrogen and oxygen atoms in total. The number of ether oxygens (including phenoxy) is 2. The first-order valence-corrected chi connectivity index (χ1v) is 7.90. The van der Waals surface area contributed by atoms with Crippen molar-refractivity contribution in [2.24, 2.45) is 0 Å². The van der Waals surface area contributed by atoms with Gasteiger partial charge in [-0.2, -0.15) is 0 Å². The van der Waals surface area contributed by atoms with Gasteiger partial charge in [0.2, 0.25) is 0 Å². The monoisotopic (exact) mass is 309 g/mol. The molecular formula is C18H15NO2S. The van der Waals surface area contributed by atoms with Gasteiger partial charge in [-0.15, -0.1) is 11.3 Å². The van der Waals surface area contributed by atoms with Crippen molar-refractivity contribution in [1.82, 2.24) is 4.57 Å². The molecule has 0 N–H and O–H groups in total. The maximum absolute atomic E-state index is 5.41. The van der Waals surface area contributed by atoms with Crippen LogP contribution in [-0.4, -0.2) is 18.8 Å². The third-order valence-electron chi connectivity index (χ3n) is 3.87. The van der Waals surface area contributed by atoms with E-state index in [4.69, 9.17) is 9.47 Å². The van der Waals surface area contributed by atoms with Gasteiger partial charge in [-0.1, -0.05) is 18.2 Å². The van der Waals surface area contributed by atoms with Crippen LogP contribution in [0, 0.1) is 0 Å². The van der Waals surface area contributed by atoms with E-state index in [0.717, 1.165) is 17.2 Å². The van der Waals surface area contributed by atoms with E-state index in [2.05, 4.69) is 40.3 Å². The first kappa shape index (κ1) is 13.2. The van der Waals surface area contributed by atoms with Gasteiger partial charge in [0.1, 0.15) is 11.5 Å². The standard InChI is InChI=1S/C18H15NO2S/c1-20-13-9-12(10-14(11-13)21-2)19-16-6-4-3-5-15(16)18-17(19)7-8-22-18/h3-11H,1-2H3. The van der Waals surface area contributed by atoms with Crippen LogP contribution < -0.4 is 9.47 Å². The van der Waals surface area contributed by atoms with Crippen LogP contribution in [-0.2, 0) is 0 Å². The van der Waals surface area contributed by atoms with E-state index in [1.807, 2.05) is 18.2 Å². The molecule has 2 aromatic carbocycles. The Bertz CT molecular complexity index is 945. The van der Waals surface area contributed by atoms with Gasteiger partial charge in [0.15, 0.2) is 0 Å². The van der Waals surface area contributed by atoms with E-state index < -0.39 is 0 Å². The largest absolute Gasteiger partial charge is 0.497 e. The van der Waals surface area contributed by atoms with E-state index >= 15 is 0 Å². The topological polar surface area (TPSA) is 23.4 Å². The van der Waals surface area contributed by atoms with Crippen LogP contribution >= 0.6 is 11.3 Å². The summed E-state index contributed by atoms with van der Waals surface area (Å²) in [6.07, 6.45) is 0. The summed E-state index contributed by atoms with van der Waals surface area (Å²) in [5, 5.41) is 3.40. The minimum Gasteiger partial charge on any atom is -0.497 e. The number of rotatable bonds is 3. The van der Waals surface area contributed by atoms with E-state index in [1.54, 1.807) is 25.6 Å². The molecule has 0 saturated carbocycles. The van der Waals surface area contributed by atoms with Crippen LogP contribution in [0.3, 0.4) is 0 Å². The molecule has 0 bridgehead atoms. The quantitative estimate of drug-likeness (QED) is 0.539. The SMILES string of the molecule is COc1cc(OC)cc(-n2c3ccccc3c3sccc32)c1. The lowest BCUT2D eigenvalue weighted by molar-refractivity contribution is 0.394. The molecule has 0 saturated heterocycles. The first-order chi connectivity index (χ1) is 10.8. The van der Waals surface area contributed by atoms with Crippen molar-refractivity contribution in [1.29, 1.82) is 0 Å². The first-order valence-electron chi connectivity index (χ1n) is 7.02. The minimum atomic E-state index is 0.788. The van der Waals surface area contributed by atoms with Gasteiger partial charge in [-0.25, -0.2) is 0 Å². The van der Waals surface area contributed by atoms with E-state index in [1.165, 1.54) is 21.1 Å². The number of para-hydroxylation sites is 1. The smallest absolute Gasteiger partial charge is 0.124 e. The summed E-state index contributed by atoms with van der Waals surface area (Å²) in [5.74, 6) is 1.58. The number of benzene rings is 2. The second-order valence-corrected chi connectivity index (χ2v) is 5.97. The zero-order valence-electron chi connectivity index (χ0n) is 12.4. The summed E-state index contributed by atoms with van der Waals surface area (Å²) in [5.41, 5.74) is 3.45. The lowest BCUT2D eigenvalue weighted by Gasteiger charge is -2.11. The average molecular weight is 309 g/mol. The molecule has 2 heterocycles. The van der Waals surface area contributed by atoms with Gasteiger partial charge in [0, 0.05) is 23.6 Å². The molecule has 4 heteroatoms. The van der Waals surface area contributed by atoms with Gasteiger partial charge >= 0.3 is 0 Å². The number of hydrogen-bond donors (Lipinski definition) is 0.